The molecule has 1 aliphatic carbocycles. The number of furan rings is 1. The molecule has 5 heteroatoms. The lowest BCUT2D eigenvalue weighted by molar-refractivity contribution is 0.0957. The van der Waals surface area contributed by atoms with Crippen molar-refractivity contribution in [3.63, 3.8) is 0 Å². The molecule has 0 amide bonds. The molecule has 3 rings (SSSR count). The Balaban J connectivity index is 2.38. The van der Waals surface area contributed by atoms with Gasteiger partial charge in [-0.25, -0.2) is 0 Å². The zero-order valence-corrected chi connectivity index (χ0v) is 8.43. The molecule has 0 spiro atoms. The summed E-state index contributed by atoms with van der Waals surface area (Å²) < 4.78 is 4.93. The summed E-state index contributed by atoms with van der Waals surface area (Å²) in [5.41, 5.74) is 0.0317. The van der Waals surface area contributed by atoms with Crippen LogP contribution in [0.1, 0.15) is 32.0 Å². The van der Waals surface area contributed by atoms with Crippen LogP contribution >= 0.6 is 0 Å². The SMILES string of the molecule is O=C1c2ccoc2C(=O)c2c1ccc(O)c2O. The zero-order chi connectivity index (χ0) is 12.2. The Hall–Kier alpha value is -2.56. The number of carbonyl (C=O) groups excluding carboxylic acids is 2. The van der Waals surface area contributed by atoms with Crippen LogP contribution in [-0.4, -0.2) is 21.8 Å². The van der Waals surface area contributed by atoms with Gasteiger partial charge in [0.15, 0.2) is 23.0 Å². The molecule has 1 aliphatic rings. The van der Waals surface area contributed by atoms with Crippen LogP contribution in [0.25, 0.3) is 0 Å². The van der Waals surface area contributed by atoms with Crippen molar-refractivity contribution in [3.05, 3.63) is 46.9 Å². The highest BCUT2D eigenvalue weighted by molar-refractivity contribution is 6.28. The van der Waals surface area contributed by atoms with Gasteiger partial charge >= 0.3 is 0 Å². The molecule has 0 radical (unpaired) electrons. The summed E-state index contributed by atoms with van der Waals surface area (Å²) in [6.07, 6.45) is 1.24. The third-order valence-corrected chi connectivity index (χ3v) is 2.74. The number of carbonyl (C=O) groups is 2. The van der Waals surface area contributed by atoms with E-state index < -0.39 is 23.1 Å². The molecule has 1 heterocycles. The van der Waals surface area contributed by atoms with Crippen LogP contribution in [0.3, 0.4) is 0 Å². The van der Waals surface area contributed by atoms with Crippen LogP contribution in [0.15, 0.2) is 28.9 Å². The number of fused-ring (bicyclic) bond motifs is 2. The maximum absolute atomic E-state index is 12.0. The molecule has 0 bridgehead atoms. The highest BCUT2D eigenvalue weighted by atomic mass is 16.3. The number of rotatable bonds is 0. The summed E-state index contributed by atoms with van der Waals surface area (Å²) in [4.78, 5) is 23.9. The largest absolute Gasteiger partial charge is 0.504 e. The van der Waals surface area contributed by atoms with E-state index >= 15 is 0 Å². The third kappa shape index (κ3) is 1.08. The van der Waals surface area contributed by atoms with Crippen LogP contribution in [0.5, 0.6) is 11.5 Å². The van der Waals surface area contributed by atoms with Gasteiger partial charge in [-0.15, -0.1) is 0 Å². The topological polar surface area (TPSA) is 87.7 Å². The number of aromatic hydroxyl groups is 2. The predicted octanol–water partition coefficient (Wildman–Crippen LogP) is 1.47. The molecule has 0 fully saturated rings. The van der Waals surface area contributed by atoms with Crippen molar-refractivity contribution in [1.29, 1.82) is 0 Å². The van der Waals surface area contributed by atoms with E-state index in [2.05, 4.69) is 0 Å². The summed E-state index contributed by atoms with van der Waals surface area (Å²) >= 11 is 0. The quantitative estimate of drug-likeness (QED) is 0.571. The molecule has 0 saturated carbocycles. The first kappa shape index (κ1) is 9.65. The number of phenols is 2. The Morgan fingerprint density at radius 3 is 2.47 bits per heavy atom. The standard InChI is InChI=1S/C12H6O5/c13-7-2-1-5-8(10(7)15)11(16)12-6(9(5)14)3-4-17-12/h1-4,13,15H. The molecule has 0 aliphatic heterocycles. The molecule has 0 atom stereocenters. The average Bonchev–Trinajstić information content (AvgIpc) is 2.79. The van der Waals surface area contributed by atoms with Crippen LogP contribution in [-0.2, 0) is 0 Å². The minimum Gasteiger partial charge on any atom is -0.504 e. The highest BCUT2D eigenvalue weighted by Crippen LogP contribution is 2.37. The Kier molecular flexibility index (Phi) is 1.69. The molecular formula is C12H6O5. The molecule has 2 aromatic rings. The van der Waals surface area contributed by atoms with Crippen molar-refractivity contribution in [3.8, 4) is 11.5 Å². The fraction of sp³-hybridized carbons (Fsp3) is 0. The minimum atomic E-state index is -0.604. The number of benzene rings is 1. The second-order valence-electron chi connectivity index (χ2n) is 3.68. The van der Waals surface area contributed by atoms with E-state index in [1.807, 2.05) is 0 Å². The number of hydrogen-bond donors (Lipinski definition) is 2. The first-order chi connectivity index (χ1) is 8.11. The van der Waals surface area contributed by atoms with Gasteiger partial charge in [-0.2, -0.15) is 0 Å². The Labute approximate surface area is 94.9 Å². The van der Waals surface area contributed by atoms with E-state index in [-0.39, 0.29) is 22.5 Å². The van der Waals surface area contributed by atoms with Crippen molar-refractivity contribution in [1.82, 2.24) is 0 Å². The van der Waals surface area contributed by atoms with E-state index in [1.165, 1.54) is 24.5 Å². The average molecular weight is 230 g/mol. The van der Waals surface area contributed by atoms with Gasteiger partial charge in [-0.05, 0) is 18.2 Å². The van der Waals surface area contributed by atoms with Crippen LogP contribution in [0, 0.1) is 0 Å². The van der Waals surface area contributed by atoms with Gasteiger partial charge in [0.05, 0.1) is 17.4 Å². The van der Waals surface area contributed by atoms with Crippen molar-refractivity contribution < 1.29 is 24.2 Å². The molecule has 0 saturated heterocycles. The summed E-state index contributed by atoms with van der Waals surface area (Å²) in [6.45, 7) is 0. The van der Waals surface area contributed by atoms with Gasteiger partial charge in [0.2, 0.25) is 5.78 Å². The maximum atomic E-state index is 12.0. The second-order valence-corrected chi connectivity index (χ2v) is 3.68. The lowest BCUT2D eigenvalue weighted by Crippen LogP contribution is -2.19. The van der Waals surface area contributed by atoms with Gasteiger partial charge in [0.25, 0.3) is 0 Å². The van der Waals surface area contributed by atoms with E-state index in [4.69, 9.17) is 4.42 Å². The summed E-state index contributed by atoms with van der Waals surface area (Å²) in [5, 5.41) is 19.0. The predicted molar refractivity (Wildman–Crippen MR) is 55.3 cm³/mol. The summed E-state index contributed by atoms with van der Waals surface area (Å²) in [6, 6.07) is 3.88. The first-order valence-electron chi connectivity index (χ1n) is 4.83. The van der Waals surface area contributed by atoms with E-state index in [0.717, 1.165) is 0 Å². The van der Waals surface area contributed by atoms with E-state index in [0.29, 0.717) is 0 Å². The summed E-state index contributed by atoms with van der Waals surface area (Å²) in [5.74, 6) is -2.15. The van der Waals surface area contributed by atoms with Gasteiger partial charge in [-0.1, -0.05) is 0 Å². The molecular weight excluding hydrogens is 224 g/mol. The molecule has 0 unspecified atom stereocenters. The van der Waals surface area contributed by atoms with Crippen LogP contribution in [0.2, 0.25) is 0 Å². The fourth-order valence-corrected chi connectivity index (χ4v) is 1.92. The van der Waals surface area contributed by atoms with Crippen molar-refractivity contribution in [2.75, 3.05) is 0 Å². The van der Waals surface area contributed by atoms with Gasteiger partial charge in [-0.3, -0.25) is 9.59 Å². The minimum absolute atomic E-state index is 0.0687. The smallest absolute Gasteiger partial charge is 0.233 e. The molecule has 84 valence electrons. The maximum Gasteiger partial charge on any atom is 0.233 e. The van der Waals surface area contributed by atoms with Crippen LogP contribution < -0.4 is 0 Å². The van der Waals surface area contributed by atoms with Crippen molar-refractivity contribution in [2.24, 2.45) is 0 Å². The van der Waals surface area contributed by atoms with E-state index in [9.17, 15) is 19.8 Å². The lowest BCUT2D eigenvalue weighted by Gasteiger charge is -2.14. The Morgan fingerprint density at radius 1 is 0.941 bits per heavy atom. The Morgan fingerprint density at radius 2 is 1.71 bits per heavy atom. The molecule has 2 N–H and O–H groups in total. The van der Waals surface area contributed by atoms with Gasteiger partial charge < -0.3 is 14.6 Å². The normalized spacial score (nSPS) is 13.4. The molecule has 17 heavy (non-hydrogen) atoms. The first-order valence-corrected chi connectivity index (χ1v) is 4.83. The molecule has 5 nitrogen and oxygen atoms in total. The fourth-order valence-electron chi connectivity index (χ4n) is 1.92. The van der Waals surface area contributed by atoms with Crippen molar-refractivity contribution in [2.45, 2.75) is 0 Å². The Bertz CT molecular complexity index is 666. The van der Waals surface area contributed by atoms with Crippen LogP contribution in [0.4, 0.5) is 0 Å². The lowest BCUT2D eigenvalue weighted by atomic mass is 9.88. The van der Waals surface area contributed by atoms with E-state index in [1.54, 1.807) is 0 Å². The monoisotopic (exact) mass is 230 g/mol. The number of hydrogen-bond acceptors (Lipinski definition) is 5. The van der Waals surface area contributed by atoms with Gasteiger partial charge in [0.1, 0.15) is 0 Å². The second kappa shape index (κ2) is 2.98. The molecule has 1 aromatic carbocycles. The highest BCUT2D eigenvalue weighted by Gasteiger charge is 2.35. The van der Waals surface area contributed by atoms with Crippen molar-refractivity contribution >= 4 is 11.6 Å². The number of ketones is 2. The summed E-state index contributed by atoms with van der Waals surface area (Å²) in [7, 11) is 0. The number of phenolic OH excluding ortho intramolecular Hbond substituents is 2. The zero-order valence-electron chi connectivity index (χ0n) is 8.43. The third-order valence-electron chi connectivity index (χ3n) is 2.74. The van der Waals surface area contributed by atoms with Gasteiger partial charge in [0, 0.05) is 5.56 Å². The molecule has 1 aromatic heterocycles.